The number of hydrogen-bond acceptors (Lipinski definition) is 3. The minimum atomic E-state index is -0.238. The third kappa shape index (κ3) is 1.15. The summed E-state index contributed by atoms with van der Waals surface area (Å²) in [7, 11) is 0. The highest BCUT2D eigenvalue weighted by molar-refractivity contribution is 9.10. The summed E-state index contributed by atoms with van der Waals surface area (Å²) in [5.41, 5.74) is 0.251. The van der Waals surface area contributed by atoms with E-state index in [1.165, 1.54) is 12.3 Å². The van der Waals surface area contributed by atoms with E-state index in [-0.39, 0.29) is 11.3 Å². The van der Waals surface area contributed by atoms with Crippen LogP contribution in [0.2, 0.25) is 0 Å². The summed E-state index contributed by atoms with van der Waals surface area (Å²) in [4.78, 5) is 13.6. The molecule has 2 aromatic heterocycles. The molecule has 0 bridgehead atoms. The molecular weight excluding hydrogens is 236 g/mol. The highest BCUT2D eigenvalue weighted by Gasteiger charge is 2.08. The van der Waals surface area contributed by atoms with Crippen molar-refractivity contribution in [1.29, 1.82) is 5.26 Å². The first kappa shape index (κ1) is 8.08. The van der Waals surface area contributed by atoms with Crippen LogP contribution in [-0.4, -0.2) is 4.98 Å². The van der Waals surface area contributed by atoms with Crippen LogP contribution in [0.1, 0.15) is 5.76 Å². The maximum Gasteiger partial charge on any atom is 0.263 e. The first-order valence-corrected chi connectivity index (χ1v) is 4.22. The minimum absolute atomic E-state index is 0.190. The van der Waals surface area contributed by atoms with Crippen molar-refractivity contribution < 1.29 is 4.42 Å². The van der Waals surface area contributed by atoms with Crippen LogP contribution in [0.15, 0.2) is 25.9 Å². The van der Waals surface area contributed by atoms with Gasteiger partial charge in [-0.05, 0) is 15.9 Å². The lowest BCUT2D eigenvalue weighted by Gasteiger charge is -1.88. The molecule has 2 rings (SSSR count). The monoisotopic (exact) mass is 238 g/mol. The van der Waals surface area contributed by atoms with Gasteiger partial charge in [0, 0.05) is 17.6 Å². The molecule has 5 heteroatoms. The predicted molar refractivity (Wildman–Crippen MR) is 49.2 cm³/mol. The second-order valence-corrected chi connectivity index (χ2v) is 3.23. The van der Waals surface area contributed by atoms with Crippen molar-refractivity contribution in [3.8, 4) is 6.07 Å². The molecule has 0 fully saturated rings. The summed E-state index contributed by atoms with van der Waals surface area (Å²) in [6.07, 6.45) is 1.43. The summed E-state index contributed by atoms with van der Waals surface area (Å²) in [6, 6.07) is 3.38. The molecule has 0 atom stereocenters. The molecule has 0 spiro atoms. The highest BCUT2D eigenvalue weighted by atomic mass is 79.9. The van der Waals surface area contributed by atoms with Gasteiger partial charge in [0.25, 0.3) is 5.56 Å². The van der Waals surface area contributed by atoms with Gasteiger partial charge in [0.2, 0.25) is 5.76 Å². The Morgan fingerprint density at radius 3 is 3.08 bits per heavy atom. The van der Waals surface area contributed by atoms with Crippen molar-refractivity contribution in [2.75, 3.05) is 0 Å². The fraction of sp³-hybridized carbons (Fsp3) is 0. The fourth-order valence-electron chi connectivity index (χ4n) is 1.06. The third-order valence-electron chi connectivity index (χ3n) is 1.64. The van der Waals surface area contributed by atoms with Crippen molar-refractivity contribution in [1.82, 2.24) is 4.98 Å². The normalized spacial score (nSPS) is 10.2. The molecule has 0 aromatic carbocycles. The van der Waals surface area contributed by atoms with Gasteiger partial charge in [0.05, 0.1) is 4.47 Å². The number of fused-ring (bicyclic) bond motifs is 1. The van der Waals surface area contributed by atoms with Gasteiger partial charge in [0.1, 0.15) is 6.07 Å². The Labute approximate surface area is 80.9 Å². The maximum absolute atomic E-state index is 11.1. The molecule has 4 nitrogen and oxygen atoms in total. The first-order chi connectivity index (χ1) is 6.22. The van der Waals surface area contributed by atoms with E-state index >= 15 is 0 Å². The number of aromatic nitrogens is 1. The zero-order valence-electron chi connectivity index (χ0n) is 6.30. The van der Waals surface area contributed by atoms with E-state index in [0.717, 1.165) is 0 Å². The van der Waals surface area contributed by atoms with Crippen LogP contribution < -0.4 is 5.56 Å². The molecule has 0 saturated carbocycles. The number of furan rings is 1. The number of nitriles is 1. The van der Waals surface area contributed by atoms with Crippen LogP contribution in [-0.2, 0) is 0 Å². The number of rotatable bonds is 0. The number of nitrogens with zero attached hydrogens (tertiary/aromatic N) is 1. The Balaban J connectivity index is 2.94. The molecule has 0 aliphatic rings. The van der Waals surface area contributed by atoms with Crippen LogP contribution in [0, 0.1) is 11.3 Å². The predicted octanol–water partition coefficient (Wildman–Crippen LogP) is 1.76. The van der Waals surface area contributed by atoms with Crippen molar-refractivity contribution in [3.05, 3.63) is 32.8 Å². The second-order valence-electron chi connectivity index (χ2n) is 2.43. The van der Waals surface area contributed by atoms with E-state index in [9.17, 15) is 4.79 Å². The molecule has 1 N–H and O–H groups in total. The minimum Gasteiger partial charge on any atom is -0.444 e. The summed E-state index contributed by atoms with van der Waals surface area (Å²) in [5, 5.41) is 9.16. The van der Waals surface area contributed by atoms with E-state index in [2.05, 4.69) is 20.9 Å². The van der Waals surface area contributed by atoms with Gasteiger partial charge in [-0.15, -0.1) is 0 Å². The lowest BCUT2D eigenvalue weighted by Crippen LogP contribution is -2.04. The molecule has 0 radical (unpaired) electrons. The molecule has 0 amide bonds. The Hall–Kier alpha value is -1.54. The third-order valence-corrected chi connectivity index (χ3v) is 2.43. The highest BCUT2D eigenvalue weighted by Crippen LogP contribution is 2.22. The largest absolute Gasteiger partial charge is 0.444 e. The summed E-state index contributed by atoms with van der Waals surface area (Å²) in [6.45, 7) is 0. The summed E-state index contributed by atoms with van der Waals surface area (Å²) < 4.78 is 5.48. The second kappa shape index (κ2) is 2.75. The molecule has 0 aliphatic carbocycles. The van der Waals surface area contributed by atoms with E-state index in [0.29, 0.717) is 15.4 Å². The van der Waals surface area contributed by atoms with Gasteiger partial charge in [-0.3, -0.25) is 4.79 Å². The van der Waals surface area contributed by atoms with Gasteiger partial charge < -0.3 is 9.40 Å². The van der Waals surface area contributed by atoms with Crippen LogP contribution in [0.3, 0.4) is 0 Å². The van der Waals surface area contributed by atoms with E-state index in [1.54, 1.807) is 0 Å². The lowest BCUT2D eigenvalue weighted by atomic mass is 10.3. The molecular formula is C8H3BrN2O2. The van der Waals surface area contributed by atoms with Crippen molar-refractivity contribution in [2.24, 2.45) is 0 Å². The zero-order chi connectivity index (χ0) is 9.42. The number of hydrogen-bond donors (Lipinski definition) is 1. The SMILES string of the molecule is N#Cc1cc2c(Br)c(=O)[nH]cc2o1. The average molecular weight is 239 g/mol. The number of aromatic amines is 1. The molecule has 2 heterocycles. The lowest BCUT2D eigenvalue weighted by molar-refractivity contribution is 0.597. The fourth-order valence-corrected chi connectivity index (χ4v) is 1.48. The Morgan fingerprint density at radius 2 is 2.38 bits per heavy atom. The first-order valence-electron chi connectivity index (χ1n) is 3.43. The molecule has 0 aliphatic heterocycles. The molecule has 13 heavy (non-hydrogen) atoms. The van der Waals surface area contributed by atoms with E-state index in [4.69, 9.17) is 9.68 Å². The topological polar surface area (TPSA) is 69.8 Å². The standard InChI is InChI=1S/C8H3BrN2O2/c9-7-5-1-4(2-10)13-6(5)3-11-8(7)12/h1,3H,(H,11,12). The van der Waals surface area contributed by atoms with E-state index < -0.39 is 0 Å². The Bertz CT molecular complexity index is 562. The van der Waals surface area contributed by atoms with Crippen LogP contribution in [0.4, 0.5) is 0 Å². The van der Waals surface area contributed by atoms with Gasteiger partial charge in [-0.25, -0.2) is 0 Å². The number of H-pyrrole nitrogens is 1. The van der Waals surface area contributed by atoms with Crippen molar-refractivity contribution in [2.45, 2.75) is 0 Å². The number of pyridine rings is 1. The Kier molecular flexibility index (Phi) is 1.71. The molecule has 0 saturated heterocycles. The maximum atomic E-state index is 11.1. The number of halogens is 1. The molecule has 64 valence electrons. The quantitative estimate of drug-likeness (QED) is 0.761. The number of nitrogens with one attached hydrogen (secondary N) is 1. The Morgan fingerprint density at radius 1 is 1.62 bits per heavy atom. The summed E-state index contributed by atoms with van der Waals surface area (Å²) in [5.74, 6) is 0.190. The zero-order valence-corrected chi connectivity index (χ0v) is 7.88. The summed E-state index contributed by atoms with van der Waals surface area (Å²) >= 11 is 3.11. The van der Waals surface area contributed by atoms with Crippen molar-refractivity contribution >= 4 is 26.9 Å². The average Bonchev–Trinajstić information content (AvgIpc) is 2.55. The van der Waals surface area contributed by atoms with Crippen LogP contribution in [0.5, 0.6) is 0 Å². The van der Waals surface area contributed by atoms with Gasteiger partial charge in [-0.1, -0.05) is 0 Å². The van der Waals surface area contributed by atoms with Crippen LogP contribution >= 0.6 is 15.9 Å². The molecule has 0 unspecified atom stereocenters. The van der Waals surface area contributed by atoms with Crippen molar-refractivity contribution in [3.63, 3.8) is 0 Å². The van der Waals surface area contributed by atoms with E-state index in [1.807, 2.05) is 6.07 Å². The van der Waals surface area contributed by atoms with Gasteiger partial charge >= 0.3 is 0 Å². The van der Waals surface area contributed by atoms with Crippen LogP contribution in [0.25, 0.3) is 11.0 Å². The van der Waals surface area contributed by atoms with Gasteiger partial charge in [-0.2, -0.15) is 5.26 Å². The van der Waals surface area contributed by atoms with Gasteiger partial charge in [0.15, 0.2) is 5.58 Å². The molecule has 2 aromatic rings. The smallest absolute Gasteiger partial charge is 0.263 e.